The molecule has 2 aromatic heterocycles. The van der Waals surface area contributed by atoms with Gasteiger partial charge in [-0.15, -0.1) is 0 Å². The predicted molar refractivity (Wildman–Crippen MR) is 85.7 cm³/mol. The molecule has 0 aliphatic heterocycles. The van der Waals surface area contributed by atoms with E-state index in [1.54, 1.807) is 25.1 Å². The Balaban J connectivity index is 1.95. The Morgan fingerprint density at radius 1 is 1.00 bits per heavy atom. The van der Waals surface area contributed by atoms with Gasteiger partial charge in [0.15, 0.2) is 5.76 Å². The third-order valence-corrected chi connectivity index (χ3v) is 5.09. The molecule has 1 aromatic carbocycles. The first-order valence-corrected chi connectivity index (χ1v) is 8.47. The lowest BCUT2D eigenvalue weighted by molar-refractivity contribution is 0.414. The number of aryl methyl sites for hydroxylation is 3. The normalized spacial score (nSPS) is 11.6. The van der Waals surface area contributed by atoms with E-state index >= 15 is 0 Å². The van der Waals surface area contributed by atoms with Crippen molar-refractivity contribution >= 4 is 15.7 Å². The van der Waals surface area contributed by atoms with Crippen LogP contribution < -0.4 is 4.72 Å². The molecule has 0 fully saturated rings. The van der Waals surface area contributed by atoms with Gasteiger partial charge >= 0.3 is 0 Å². The van der Waals surface area contributed by atoms with Crippen molar-refractivity contribution in [2.45, 2.75) is 25.7 Å². The SMILES string of the molecule is Cc1ccc(NS(=O)(=O)c2cc(-c3ccno3)oc2C)cc1C. The van der Waals surface area contributed by atoms with Crippen LogP contribution in [-0.2, 0) is 10.0 Å². The molecule has 0 aliphatic carbocycles. The molecule has 7 heteroatoms. The number of nitrogens with one attached hydrogen (secondary N) is 1. The summed E-state index contributed by atoms with van der Waals surface area (Å²) in [5, 5.41) is 3.59. The summed E-state index contributed by atoms with van der Waals surface area (Å²) in [6, 6.07) is 8.42. The summed E-state index contributed by atoms with van der Waals surface area (Å²) in [5.74, 6) is 0.980. The van der Waals surface area contributed by atoms with Crippen LogP contribution in [0.15, 0.2) is 50.4 Å². The molecule has 0 atom stereocenters. The average Bonchev–Trinajstić information content (AvgIpc) is 3.11. The summed E-state index contributed by atoms with van der Waals surface area (Å²) in [4.78, 5) is 0.0714. The molecule has 23 heavy (non-hydrogen) atoms. The van der Waals surface area contributed by atoms with E-state index < -0.39 is 10.0 Å². The summed E-state index contributed by atoms with van der Waals surface area (Å²) < 4.78 is 38.2. The van der Waals surface area contributed by atoms with Gasteiger partial charge in [0, 0.05) is 17.8 Å². The van der Waals surface area contributed by atoms with Crippen molar-refractivity contribution < 1.29 is 17.4 Å². The summed E-state index contributed by atoms with van der Waals surface area (Å²) >= 11 is 0. The minimum Gasteiger partial charge on any atom is -0.456 e. The molecule has 0 bridgehead atoms. The van der Waals surface area contributed by atoms with Crippen LogP contribution in [-0.4, -0.2) is 13.6 Å². The molecule has 3 rings (SSSR count). The van der Waals surface area contributed by atoms with Crippen molar-refractivity contribution in [3.05, 3.63) is 53.4 Å². The van der Waals surface area contributed by atoms with Crippen LogP contribution in [0.2, 0.25) is 0 Å². The van der Waals surface area contributed by atoms with Gasteiger partial charge in [0.25, 0.3) is 10.0 Å². The molecule has 0 radical (unpaired) electrons. The summed E-state index contributed by atoms with van der Waals surface area (Å²) in [5.41, 5.74) is 2.62. The Kier molecular flexibility index (Phi) is 3.73. The first-order valence-electron chi connectivity index (χ1n) is 6.98. The van der Waals surface area contributed by atoms with Gasteiger partial charge in [-0.05, 0) is 44.0 Å². The third-order valence-electron chi connectivity index (χ3n) is 3.60. The van der Waals surface area contributed by atoms with E-state index in [9.17, 15) is 8.42 Å². The molecular weight excluding hydrogens is 316 g/mol. The smallest absolute Gasteiger partial charge is 0.265 e. The Labute approximate surface area is 134 Å². The van der Waals surface area contributed by atoms with Crippen molar-refractivity contribution in [3.8, 4) is 11.5 Å². The Morgan fingerprint density at radius 3 is 2.43 bits per heavy atom. The largest absolute Gasteiger partial charge is 0.456 e. The monoisotopic (exact) mass is 332 g/mol. The number of hydrogen-bond donors (Lipinski definition) is 1. The van der Waals surface area contributed by atoms with Gasteiger partial charge in [-0.2, -0.15) is 0 Å². The maximum Gasteiger partial charge on any atom is 0.265 e. The van der Waals surface area contributed by atoms with Gasteiger partial charge in [0.1, 0.15) is 10.7 Å². The number of rotatable bonds is 4. The molecule has 120 valence electrons. The van der Waals surface area contributed by atoms with Crippen LogP contribution in [0.3, 0.4) is 0 Å². The number of hydrogen-bond acceptors (Lipinski definition) is 5. The molecule has 0 unspecified atom stereocenters. The Hall–Kier alpha value is -2.54. The van der Waals surface area contributed by atoms with Gasteiger partial charge in [0.2, 0.25) is 5.76 Å². The standard InChI is InChI=1S/C16H16N2O4S/c1-10-4-5-13(8-11(10)2)18-23(19,20)16-9-15(21-12(16)3)14-6-7-17-22-14/h4-9,18H,1-3H3. The number of aromatic nitrogens is 1. The molecule has 0 saturated carbocycles. The van der Waals surface area contributed by atoms with E-state index in [0.717, 1.165) is 11.1 Å². The summed E-state index contributed by atoms with van der Waals surface area (Å²) in [6.45, 7) is 5.49. The van der Waals surface area contributed by atoms with Crippen LogP contribution >= 0.6 is 0 Å². The molecule has 1 N–H and O–H groups in total. The lowest BCUT2D eigenvalue weighted by atomic mass is 10.1. The molecule has 0 saturated heterocycles. The summed E-state index contributed by atoms with van der Waals surface area (Å²) in [6.07, 6.45) is 1.47. The van der Waals surface area contributed by atoms with E-state index in [2.05, 4.69) is 9.88 Å². The fourth-order valence-electron chi connectivity index (χ4n) is 2.21. The van der Waals surface area contributed by atoms with Crippen LogP contribution in [0.25, 0.3) is 11.5 Å². The highest BCUT2D eigenvalue weighted by Crippen LogP contribution is 2.29. The summed E-state index contributed by atoms with van der Waals surface area (Å²) in [7, 11) is -3.75. The number of furan rings is 1. The number of benzene rings is 1. The van der Waals surface area contributed by atoms with Gasteiger partial charge in [-0.3, -0.25) is 4.72 Å². The lowest BCUT2D eigenvalue weighted by Crippen LogP contribution is -2.13. The van der Waals surface area contributed by atoms with Crippen molar-refractivity contribution in [2.24, 2.45) is 0 Å². The van der Waals surface area contributed by atoms with Crippen LogP contribution in [0.4, 0.5) is 5.69 Å². The second-order valence-corrected chi connectivity index (χ2v) is 6.96. The highest BCUT2D eigenvalue weighted by Gasteiger charge is 2.23. The zero-order valence-electron chi connectivity index (χ0n) is 13.0. The van der Waals surface area contributed by atoms with Gasteiger partial charge < -0.3 is 8.94 Å². The van der Waals surface area contributed by atoms with Crippen molar-refractivity contribution in [1.82, 2.24) is 5.16 Å². The molecule has 3 aromatic rings. The minimum atomic E-state index is -3.75. The fourth-order valence-corrected chi connectivity index (χ4v) is 3.44. The third kappa shape index (κ3) is 3.00. The molecule has 0 aliphatic rings. The Morgan fingerprint density at radius 2 is 1.78 bits per heavy atom. The quantitative estimate of drug-likeness (QED) is 0.788. The molecule has 0 amide bonds. The van der Waals surface area contributed by atoms with Crippen LogP contribution in [0.5, 0.6) is 0 Å². The minimum absolute atomic E-state index is 0.0714. The average molecular weight is 332 g/mol. The van der Waals surface area contributed by atoms with Crippen LogP contribution in [0.1, 0.15) is 16.9 Å². The lowest BCUT2D eigenvalue weighted by Gasteiger charge is -2.09. The zero-order chi connectivity index (χ0) is 16.6. The zero-order valence-corrected chi connectivity index (χ0v) is 13.8. The first-order chi connectivity index (χ1) is 10.9. The van der Waals surface area contributed by atoms with Gasteiger partial charge in [-0.1, -0.05) is 11.2 Å². The van der Waals surface area contributed by atoms with E-state index in [1.165, 1.54) is 12.3 Å². The number of anilines is 1. The Bertz CT molecular complexity index is 941. The highest BCUT2D eigenvalue weighted by molar-refractivity contribution is 7.92. The molecule has 2 heterocycles. The molecule has 6 nitrogen and oxygen atoms in total. The highest BCUT2D eigenvalue weighted by atomic mass is 32.2. The number of nitrogens with zero attached hydrogens (tertiary/aromatic N) is 1. The van der Waals surface area contributed by atoms with E-state index in [4.69, 9.17) is 8.94 Å². The topological polar surface area (TPSA) is 85.3 Å². The van der Waals surface area contributed by atoms with E-state index in [1.807, 2.05) is 19.9 Å². The van der Waals surface area contributed by atoms with Crippen LogP contribution in [0, 0.1) is 20.8 Å². The van der Waals surface area contributed by atoms with Crippen molar-refractivity contribution in [2.75, 3.05) is 4.72 Å². The second kappa shape index (κ2) is 5.58. The predicted octanol–water partition coefficient (Wildman–Crippen LogP) is 3.66. The number of sulfonamides is 1. The second-order valence-electron chi connectivity index (χ2n) is 5.31. The van der Waals surface area contributed by atoms with Crippen molar-refractivity contribution in [1.29, 1.82) is 0 Å². The maximum absolute atomic E-state index is 12.6. The van der Waals surface area contributed by atoms with Crippen molar-refractivity contribution in [3.63, 3.8) is 0 Å². The first kappa shape index (κ1) is 15.4. The molecule has 0 spiro atoms. The van der Waals surface area contributed by atoms with E-state index in [-0.39, 0.29) is 10.7 Å². The van der Waals surface area contributed by atoms with Gasteiger partial charge in [-0.25, -0.2) is 8.42 Å². The fraction of sp³-hybridized carbons (Fsp3) is 0.188. The van der Waals surface area contributed by atoms with E-state index in [0.29, 0.717) is 17.2 Å². The van der Waals surface area contributed by atoms with Gasteiger partial charge in [0.05, 0.1) is 6.20 Å². The maximum atomic E-state index is 12.6. The molecular formula is C16H16N2O4S.